The van der Waals surface area contributed by atoms with E-state index in [1.54, 1.807) is 30.3 Å². The largest absolute Gasteiger partial charge is 0.482 e. The van der Waals surface area contributed by atoms with Gasteiger partial charge in [0.2, 0.25) is 0 Å². The molecule has 0 heterocycles. The highest BCUT2D eigenvalue weighted by Crippen LogP contribution is 2.28. The van der Waals surface area contributed by atoms with Gasteiger partial charge in [0.15, 0.2) is 6.61 Å². The molecule has 8 heteroatoms. The summed E-state index contributed by atoms with van der Waals surface area (Å²) in [6, 6.07) is 12.9. The van der Waals surface area contributed by atoms with Crippen LogP contribution in [0.4, 0.5) is 5.69 Å². The fourth-order valence-electron chi connectivity index (χ4n) is 3.15. The number of carbonyl (C=O) groups excluding carboxylic acids is 1. The minimum atomic E-state index is -3.77. The van der Waals surface area contributed by atoms with Gasteiger partial charge in [0.25, 0.3) is 15.9 Å². The minimum absolute atomic E-state index is 0.0142. The summed E-state index contributed by atoms with van der Waals surface area (Å²) in [5, 5.41) is 3.08. The first-order valence-corrected chi connectivity index (χ1v) is 11.1. The number of sulfonamides is 1. The van der Waals surface area contributed by atoms with Crippen molar-refractivity contribution in [2.75, 3.05) is 11.3 Å². The molecule has 2 aromatic rings. The number of rotatable bonds is 7. The summed E-state index contributed by atoms with van der Waals surface area (Å²) >= 11 is 6.16. The van der Waals surface area contributed by atoms with Gasteiger partial charge in [-0.25, -0.2) is 8.42 Å². The fraction of sp³-hybridized carbons (Fsp3) is 0.350. The zero-order chi connectivity index (χ0) is 20.0. The van der Waals surface area contributed by atoms with Crippen LogP contribution in [0, 0.1) is 0 Å². The van der Waals surface area contributed by atoms with Gasteiger partial charge in [-0.15, -0.1) is 0 Å². The van der Waals surface area contributed by atoms with Crippen molar-refractivity contribution in [2.24, 2.45) is 0 Å². The standard InChI is InChI=1S/C20H23ClN2O4S/c21-18-13-17(28(25,26)23-16-9-5-2-6-10-16)11-12-19(18)27-14-20(24)22-15-7-3-1-4-8-15/h2,5-6,9-13,15,23H,1,3-4,7-8,14H2,(H,22,24). The number of halogens is 1. The van der Waals surface area contributed by atoms with Gasteiger partial charge in [0, 0.05) is 11.7 Å². The molecule has 0 bridgehead atoms. The first kappa shape index (κ1) is 20.5. The number of ether oxygens (including phenoxy) is 1. The summed E-state index contributed by atoms with van der Waals surface area (Å²) < 4.78 is 32.9. The molecule has 1 aliphatic carbocycles. The summed E-state index contributed by atoms with van der Waals surface area (Å²) in [5.41, 5.74) is 0.457. The summed E-state index contributed by atoms with van der Waals surface area (Å²) in [5.74, 6) is 0.0598. The number of amides is 1. The van der Waals surface area contributed by atoms with Crippen molar-refractivity contribution < 1.29 is 17.9 Å². The predicted molar refractivity (Wildman–Crippen MR) is 109 cm³/mol. The number of para-hydroxylation sites is 1. The molecule has 0 radical (unpaired) electrons. The summed E-state index contributed by atoms with van der Waals surface area (Å²) in [7, 11) is -3.77. The molecule has 1 saturated carbocycles. The Hall–Kier alpha value is -2.25. The number of hydrogen-bond donors (Lipinski definition) is 2. The molecular formula is C20H23ClN2O4S. The molecular weight excluding hydrogens is 400 g/mol. The molecule has 1 amide bonds. The number of benzene rings is 2. The van der Waals surface area contributed by atoms with Crippen LogP contribution in [0.2, 0.25) is 5.02 Å². The molecule has 0 aliphatic heterocycles. The van der Waals surface area contributed by atoms with Crippen LogP contribution in [0.25, 0.3) is 0 Å². The molecule has 3 rings (SSSR count). The van der Waals surface area contributed by atoms with E-state index in [9.17, 15) is 13.2 Å². The second-order valence-electron chi connectivity index (χ2n) is 6.75. The van der Waals surface area contributed by atoms with E-state index in [-0.39, 0.29) is 34.2 Å². The SMILES string of the molecule is O=C(COc1ccc(S(=O)(=O)Nc2ccccc2)cc1Cl)NC1CCCCC1. The van der Waals surface area contributed by atoms with Gasteiger partial charge in [-0.05, 0) is 43.2 Å². The number of nitrogens with one attached hydrogen (secondary N) is 2. The van der Waals surface area contributed by atoms with E-state index < -0.39 is 10.0 Å². The third-order valence-corrected chi connectivity index (χ3v) is 6.24. The van der Waals surface area contributed by atoms with E-state index in [4.69, 9.17) is 16.3 Å². The lowest BCUT2D eigenvalue weighted by molar-refractivity contribution is -0.124. The Labute approximate surface area is 170 Å². The second kappa shape index (κ2) is 9.30. The Morgan fingerprint density at radius 2 is 1.79 bits per heavy atom. The van der Waals surface area contributed by atoms with Crippen LogP contribution in [0.1, 0.15) is 32.1 Å². The number of hydrogen-bond acceptors (Lipinski definition) is 4. The summed E-state index contributed by atoms with van der Waals surface area (Å²) in [6.45, 7) is -0.162. The third kappa shape index (κ3) is 5.62. The fourth-order valence-corrected chi connectivity index (χ4v) is 4.53. The normalized spacial score (nSPS) is 15.0. The number of carbonyl (C=O) groups is 1. The molecule has 28 heavy (non-hydrogen) atoms. The smallest absolute Gasteiger partial charge is 0.261 e. The Morgan fingerprint density at radius 3 is 2.46 bits per heavy atom. The first-order valence-electron chi connectivity index (χ1n) is 9.23. The van der Waals surface area contributed by atoms with E-state index in [2.05, 4.69) is 10.0 Å². The van der Waals surface area contributed by atoms with Crippen LogP contribution < -0.4 is 14.8 Å². The van der Waals surface area contributed by atoms with Gasteiger partial charge >= 0.3 is 0 Å². The van der Waals surface area contributed by atoms with Crippen molar-refractivity contribution >= 4 is 33.2 Å². The van der Waals surface area contributed by atoms with Gasteiger partial charge in [0.1, 0.15) is 5.75 Å². The summed E-state index contributed by atoms with van der Waals surface area (Å²) in [4.78, 5) is 12.1. The molecule has 0 saturated heterocycles. The predicted octanol–water partition coefficient (Wildman–Crippen LogP) is 3.97. The maximum atomic E-state index is 12.5. The van der Waals surface area contributed by atoms with Crippen molar-refractivity contribution in [2.45, 2.75) is 43.0 Å². The Kier molecular flexibility index (Phi) is 6.80. The highest BCUT2D eigenvalue weighted by atomic mass is 35.5. The Balaban J connectivity index is 1.59. The van der Waals surface area contributed by atoms with E-state index in [0.717, 1.165) is 25.7 Å². The van der Waals surface area contributed by atoms with Crippen molar-refractivity contribution in [3.63, 3.8) is 0 Å². The van der Waals surface area contributed by atoms with Gasteiger partial charge in [0.05, 0.1) is 9.92 Å². The van der Waals surface area contributed by atoms with E-state index in [1.807, 2.05) is 0 Å². The number of anilines is 1. The molecule has 1 fully saturated rings. The van der Waals surface area contributed by atoms with Gasteiger partial charge in [-0.2, -0.15) is 0 Å². The zero-order valence-electron chi connectivity index (χ0n) is 15.4. The molecule has 0 atom stereocenters. The topological polar surface area (TPSA) is 84.5 Å². The van der Waals surface area contributed by atoms with Crippen molar-refractivity contribution in [1.82, 2.24) is 5.32 Å². The van der Waals surface area contributed by atoms with Gasteiger partial charge in [-0.3, -0.25) is 9.52 Å². The van der Waals surface area contributed by atoms with E-state index in [0.29, 0.717) is 5.69 Å². The van der Waals surface area contributed by atoms with Crippen molar-refractivity contribution in [3.05, 3.63) is 53.6 Å². The van der Waals surface area contributed by atoms with Gasteiger partial charge in [-0.1, -0.05) is 49.1 Å². The van der Waals surface area contributed by atoms with Crippen LogP contribution in [0.3, 0.4) is 0 Å². The average molecular weight is 423 g/mol. The quantitative estimate of drug-likeness (QED) is 0.707. The lowest BCUT2D eigenvalue weighted by atomic mass is 9.95. The summed E-state index contributed by atoms with van der Waals surface area (Å²) in [6.07, 6.45) is 5.46. The third-order valence-electron chi connectivity index (χ3n) is 4.57. The molecule has 6 nitrogen and oxygen atoms in total. The van der Waals surface area contributed by atoms with Crippen LogP contribution in [0.15, 0.2) is 53.4 Å². The zero-order valence-corrected chi connectivity index (χ0v) is 16.9. The molecule has 2 aromatic carbocycles. The maximum Gasteiger partial charge on any atom is 0.261 e. The Morgan fingerprint density at radius 1 is 1.07 bits per heavy atom. The lowest BCUT2D eigenvalue weighted by Crippen LogP contribution is -2.39. The minimum Gasteiger partial charge on any atom is -0.482 e. The first-order chi connectivity index (χ1) is 13.4. The lowest BCUT2D eigenvalue weighted by Gasteiger charge is -2.22. The van der Waals surface area contributed by atoms with Crippen molar-refractivity contribution in [1.29, 1.82) is 0 Å². The monoisotopic (exact) mass is 422 g/mol. The molecule has 2 N–H and O–H groups in total. The van der Waals surface area contributed by atoms with Crippen molar-refractivity contribution in [3.8, 4) is 5.75 Å². The Bertz CT molecular complexity index is 913. The van der Waals surface area contributed by atoms with Crippen LogP contribution >= 0.6 is 11.6 Å². The van der Waals surface area contributed by atoms with Crippen LogP contribution in [-0.2, 0) is 14.8 Å². The average Bonchev–Trinajstić information content (AvgIpc) is 2.68. The highest BCUT2D eigenvalue weighted by molar-refractivity contribution is 7.92. The molecule has 0 spiro atoms. The van der Waals surface area contributed by atoms with E-state index in [1.165, 1.54) is 24.6 Å². The molecule has 1 aliphatic rings. The van der Waals surface area contributed by atoms with Gasteiger partial charge < -0.3 is 10.1 Å². The highest BCUT2D eigenvalue weighted by Gasteiger charge is 2.18. The second-order valence-corrected chi connectivity index (χ2v) is 8.84. The maximum absolute atomic E-state index is 12.5. The molecule has 150 valence electrons. The van der Waals surface area contributed by atoms with E-state index >= 15 is 0 Å². The van der Waals surface area contributed by atoms with Crippen LogP contribution in [0.5, 0.6) is 5.75 Å². The van der Waals surface area contributed by atoms with Crippen LogP contribution in [-0.4, -0.2) is 27.0 Å². The molecule has 0 aromatic heterocycles. The molecule has 0 unspecified atom stereocenters.